The lowest BCUT2D eigenvalue weighted by Gasteiger charge is -2.16. The molecule has 0 saturated carbocycles. The predicted octanol–water partition coefficient (Wildman–Crippen LogP) is 0.512. The van der Waals surface area contributed by atoms with Crippen LogP contribution in [0, 0.1) is 0 Å². The number of hydrogen-bond acceptors (Lipinski definition) is 5. The van der Waals surface area contributed by atoms with Crippen LogP contribution in [0.2, 0.25) is 0 Å². The number of rotatable bonds is 7. The smallest absolute Gasteiger partial charge is 0.315 e. The monoisotopic (exact) mass is 256 g/mol. The fourth-order valence-electron chi connectivity index (χ4n) is 1.45. The number of aromatic nitrogens is 2. The van der Waals surface area contributed by atoms with Gasteiger partial charge in [-0.3, -0.25) is 4.79 Å². The summed E-state index contributed by atoms with van der Waals surface area (Å²) < 4.78 is 4.51. The number of hydrogen-bond donors (Lipinski definition) is 3. The summed E-state index contributed by atoms with van der Waals surface area (Å²) in [7, 11) is 0. The molecule has 0 aliphatic rings. The summed E-state index contributed by atoms with van der Waals surface area (Å²) in [6.07, 6.45) is 2.48. The van der Waals surface area contributed by atoms with Crippen LogP contribution in [0.25, 0.3) is 0 Å². The summed E-state index contributed by atoms with van der Waals surface area (Å²) in [5.74, 6) is -0.581. The Labute approximate surface area is 104 Å². The molecular weight excluding hydrogens is 240 g/mol. The molecule has 8 nitrogen and oxygen atoms in total. The van der Waals surface area contributed by atoms with E-state index in [2.05, 4.69) is 25.3 Å². The molecule has 1 unspecified atom stereocenters. The number of carboxylic acid groups (broad SMARTS) is 1. The highest BCUT2D eigenvalue weighted by Gasteiger charge is 2.15. The second-order valence-corrected chi connectivity index (χ2v) is 3.76. The highest BCUT2D eigenvalue weighted by molar-refractivity contribution is 5.75. The molecule has 1 atom stereocenters. The number of carbonyl (C=O) groups excluding carboxylic acids is 1. The van der Waals surface area contributed by atoms with Gasteiger partial charge in [0.15, 0.2) is 5.82 Å². The molecule has 100 valence electrons. The minimum absolute atomic E-state index is 0.0938. The van der Waals surface area contributed by atoms with E-state index >= 15 is 0 Å². The van der Waals surface area contributed by atoms with E-state index in [-0.39, 0.29) is 19.0 Å². The number of nitrogens with one attached hydrogen (secondary N) is 2. The van der Waals surface area contributed by atoms with E-state index in [9.17, 15) is 9.59 Å². The first-order valence-electron chi connectivity index (χ1n) is 5.63. The number of amides is 2. The van der Waals surface area contributed by atoms with Crippen molar-refractivity contribution in [3.8, 4) is 0 Å². The van der Waals surface area contributed by atoms with Gasteiger partial charge in [-0.05, 0) is 6.42 Å². The Morgan fingerprint density at radius 1 is 1.56 bits per heavy atom. The topological polar surface area (TPSA) is 117 Å². The minimum Gasteiger partial charge on any atom is -0.481 e. The molecule has 0 aromatic carbocycles. The van der Waals surface area contributed by atoms with Crippen molar-refractivity contribution in [1.29, 1.82) is 0 Å². The number of urea groups is 1. The maximum absolute atomic E-state index is 11.5. The van der Waals surface area contributed by atoms with Gasteiger partial charge in [-0.25, -0.2) is 4.79 Å². The summed E-state index contributed by atoms with van der Waals surface area (Å²) in [6.45, 7) is 2.06. The predicted molar refractivity (Wildman–Crippen MR) is 60.6 cm³/mol. The van der Waals surface area contributed by atoms with Gasteiger partial charge in [0, 0.05) is 6.04 Å². The van der Waals surface area contributed by atoms with E-state index < -0.39 is 12.0 Å². The lowest BCUT2D eigenvalue weighted by atomic mass is 10.1. The summed E-state index contributed by atoms with van der Waals surface area (Å²) in [4.78, 5) is 25.8. The number of carbonyl (C=O) groups is 2. The number of carboxylic acids is 1. The molecule has 18 heavy (non-hydrogen) atoms. The zero-order valence-corrected chi connectivity index (χ0v) is 10.0. The van der Waals surface area contributed by atoms with E-state index in [1.807, 2.05) is 6.92 Å². The third kappa shape index (κ3) is 5.28. The zero-order chi connectivity index (χ0) is 13.4. The van der Waals surface area contributed by atoms with Gasteiger partial charge in [0.05, 0.1) is 13.0 Å². The Morgan fingerprint density at radius 2 is 2.33 bits per heavy atom. The van der Waals surface area contributed by atoms with Crippen molar-refractivity contribution >= 4 is 12.0 Å². The van der Waals surface area contributed by atoms with Crippen LogP contribution in [0.15, 0.2) is 10.9 Å². The van der Waals surface area contributed by atoms with Gasteiger partial charge >= 0.3 is 12.0 Å². The van der Waals surface area contributed by atoms with Crippen LogP contribution in [0.4, 0.5) is 4.79 Å². The molecule has 0 bridgehead atoms. The molecule has 0 spiro atoms. The van der Waals surface area contributed by atoms with Crippen molar-refractivity contribution in [2.75, 3.05) is 0 Å². The maximum atomic E-state index is 11.5. The Morgan fingerprint density at radius 3 is 2.89 bits per heavy atom. The first kappa shape index (κ1) is 13.9. The summed E-state index contributed by atoms with van der Waals surface area (Å²) in [5, 5.41) is 17.3. The molecule has 1 aromatic heterocycles. The quantitative estimate of drug-likeness (QED) is 0.654. The SMILES string of the molecule is CCCC(CC(=O)O)NC(=O)NCc1ncon1. The second-order valence-electron chi connectivity index (χ2n) is 3.76. The highest BCUT2D eigenvalue weighted by Crippen LogP contribution is 2.01. The van der Waals surface area contributed by atoms with Gasteiger partial charge in [-0.1, -0.05) is 18.5 Å². The van der Waals surface area contributed by atoms with Crippen LogP contribution in [0.1, 0.15) is 32.0 Å². The molecule has 0 aliphatic carbocycles. The Hall–Kier alpha value is -2.12. The lowest BCUT2D eigenvalue weighted by molar-refractivity contribution is -0.137. The molecule has 1 rings (SSSR count). The second kappa shape index (κ2) is 7.25. The zero-order valence-electron chi connectivity index (χ0n) is 10.0. The van der Waals surface area contributed by atoms with Gasteiger partial charge in [-0.15, -0.1) is 0 Å². The first-order chi connectivity index (χ1) is 8.61. The van der Waals surface area contributed by atoms with E-state index in [1.54, 1.807) is 0 Å². The van der Waals surface area contributed by atoms with Crippen molar-refractivity contribution in [3.63, 3.8) is 0 Å². The van der Waals surface area contributed by atoms with Crippen molar-refractivity contribution in [3.05, 3.63) is 12.2 Å². The van der Waals surface area contributed by atoms with E-state index in [4.69, 9.17) is 5.11 Å². The summed E-state index contributed by atoms with van der Waals surface area (Å²) in [5.41, 5.74) is 0. The summed E-state index contributed by atoms with van der Waals surface area (Å²) in [6, 6.07) is -0.822. The molecule has 8 heteroatoms. The molecule has 1 aromatic rings. The number of aliphatic carboxylic acids is 1. The average Bonchev–Trinajstić information content (AvgIpc) is 2.78. The van der Waals surface area contributed by atoms with Gasteiger partial charge in [0.2, 0.25) is 6.39 Å². The van der Waals surface area contributed by atoms with Crippen LogP contribution in [-0.4, -0.2) is 33.3 Å². The first-order valence-corrected chi connectivity index (χ1v) is 5.63. The van der Waals surface area contributed by atoms with Crippen molar-refractivity contribution in [2.24, 2.45) is 0 Å². The van der Waals surface area contributed by atoms with Crippen molar-refractivity contribution in [1.82, 2.24) is 20.8 Å². The molecule has 3 N–H and O–H groups in total. The van der Waals surface area contributed by atoms with E-state index in [1.165, 1.54) is 6.39 Å². The third-order valence-corrected chi connectivity index (χ3v) is 2.21. The standard InChI is InChI=1S/C10H16N4O4/c1-2-3-7(4-9(15)16)13-10(17)11-5-8-12-6-18-14-8/h6-7H,2-5H2,1H3,(H,15,16)(H2,11,13,17). The normalized spacial score (nSPS) is 11.8. The van der Waals surface area contributed by atoms with Crippen LogP contribution >= 0.6 is 0 Å². The molecule has 0 aliphatic heterocycles. The number of nitrogens with zero attached hydrogens (tertiary/aromatic N) is 2. The van der Waals surface area contributed by atoms with Crippen LogP contribution < -0.4 is 10.6 Å². The van der Waals surface area contributed by atoms with Gasteiger partial charge < -0.3 is 20.3 Å². The molecule has 0 radical (unpaired) electrons. The third-order valence-electron chi connectivity index (χ3n) is 2.21. The molecule has 0 saturated heterocycles. The van der Waals surface area contributed by atoms with Crippen LogP contribution in [-0.2, 0) is 11.3 Å². The Kier molecular flexibility index (Phi) is 5.62. The van der Waals surface area contributed by atoms with Gasteiger partial charge in [0.1, 0.15) is 0 Å². The largest absolute Gasteiger partial charge is 0.481 e. The maximum Gasteiger partial charge on any atom is 0.315 e. The van der Waals surface area contributed by atoms with Gasteiger partial charge in [0.25, 0.3) is 0 Å². The van der Waals surface area contributed by atoms with Crippen molar-refractivity contribution in [2.45, 2.75) is 38.8 Å². The molecule has 0 fully saturated rings. The summed E-state index contributed by atoms with van der Waals surface area (Å²) >= 11 is 0. The lowest BCUT2D eigenvalue weighted by Crippen LogP contribution is -2.42. The van der Waals surface area contributed by atoms with Crippen molar-refractivity contribution < 1.29 is 19.2 Å². The van der Waals surface area contributed by atoms with E-state index in [0.717, 1.165) is 6.42 Å². The fourth-order valence-corrected chi connectivity index (χ4v) is 1.45. The van der Waals surface area contributed by atoms with Gasteiger partial charge in [-0.2, -0.15) is 4.98 Å². The van der Waals surface area contributed by atoms with Crippen LogP contribution in [0.5, 0.6) is 0 Å². The van der Waals surface area contributed by atoms with Crippen LogP contribution in [0.3, 0.4) is 0 Å². The molecule has 1 heterocycles. The Balaban J connectivity index is 2.33. The fraction of sp³-hybridized carbons (Fsp3) is 0.600. The minimum atomic E-state index is -0.938. The Bertz CT molecular complexity index is 379. The highest BCUT2D eigenvalue weighted by atomic mass is 16.5. The van der Waals surface area contributed by atoms with E-state index in [0.29, 0.717) is 12.2 Å². The average molecular weight is 256 g/mol. The molecule has 2 amide bonds. The molecular formula is C10H16N4O4.